The van der Waals surface area contributed by atoms with E-state index in [2.05, 4.69) is 10.3 Å². The monoisotopic (exact) mass is 425 g/mol. The van der Waals surface area contributed by atoms with Crippen LogP contribution in [0.3, 0.4) is 0 Å². The Bertz CT molecular complexity index is 1060. The summed E-state index contributed by atoms with van der Waals surface area (Å²) in [5, 5.41) is 7.67. The molecule has 2 heterocycles. The highest BCUT2D eigenvalue weighted by Crippen LogP contribution is 2.19. The first-order chi connectivity index (χ1) is 13.1. The number of amides is 2. The molecule has 1 aliphatic rings. The molecule has 12 heteroatoms. The number of sulfonamides is 2. The first kappa shape index (κ1) is 20.0. The fourth-order valence-corrected chi connectivity index (χ4v) is 4.20. The van der Waals surface area contributed by atoms with E-state index in [1.54, 1.807) is 18.2 Å². The minimum Gasteiger partial charge on any atom is -0.354 e. The van der Waals surface area contributed by atoms with Crippen molar-refractivity contribution in [2.45, 2.75) is 22.3 Å². The molecule has 0 bridgehead atoms. The van der Waals surface area contributed by atoms with Gasteiger partial charge >= 0.3 is 6.03 Å². The van der Waals surface area contributed by atoms with E-state index >= 15 is 0 Å². The Kier molecular flexibility index (Phi) is 5.54. The van der Waals surface area contributed by atoms with Crippen molar-refractivity contribution in [2.24, 2.45) is 5.14 Å². The van der Waals surface area contributed by atoms with Crippen molar-refractivity contribution >= 4 is 31.9 Å². The number of anilines is 1. The Balaban J connectivity index is 1.58. The number of nitrogens with zero attached hydrogens (tertiary/aromatic N) is 2. The summed E-state index contributed by atoms with van der Waals surface area (Å²) in [6, 6.07) is 9.38. The normalized spacial score (nSPS) is 17.3. The number of urea groups is 1. The topological polar surface area (TPSA) is 152 Å². The standard InChI is InChI=1S/C16H19N5O5S2/c17-27(23,24)14-6-7-15(18-10-14)21-9-8-12(11-21)19-16(22)20-28(25,26)13-4-2-1-3-5-13/h1-7,10,12H,8-9,11H2,(H2,17,23,24)(H2,19,20,22)/t12-/m1/s1. The van der Waals surface area contributed by atoms with Crippen molar-refractivity contribution in [2.75, 3.05) is 18.0 Å². The van der Waals surface area contributed by atoms with E-state index in [0.717, 1.165) is 0 Å². The number of hydrogen-bond donors (Lipinski definition) is 3. The van der Waals surface area contributed by atoms with Gasteiger partial charge in [0.2, 0.25) is 10.0 Å². The molecule has 2 aromatic rings. The van der Waals surface area contributed by atoms with E-state index in [4.69, 9.17) is 5.14 Å². The van der Waals surface area contributed by atoms with Crippen molar-refractivity contribution in [3.63, 3.8) is 0 Å². The Morgan fingerprint density at radius 1 is 1.07 bits per heavy atom. The van der Waals surface area contributed by atoms with Crippen LogP contribution in [0.25, 0.3) is 0 Å². The summed E-state index contributed by atoms with van der Waals surface area (Å²) >= 11 is 0. The maximum atomic E-state index is 12.2. The fourth-order valence-electron chi connectivity index (χ4n) is 2.81. The Labute approximate surface area is 162 Å². The fraction of sp³-hybridized carbons (Fsp3) is 0.250. The number of nitrogens with two attached hydrogens (primary N) is 1. The predicted octanol–water partition coefficient (Wildman–Crippen LogP) is -0.00420. The van der Waals surface area contributed by atoms with Crippen LogP contribution in [0.2, 0.25) is 0 Å². The summed E-state index contributed by atoms with van der Waals surface area (Å²) in [5.74, 6) is 0.536. The van der Waals surface area contributed by atoms with Crippen molar-refractivity contribution in [3.05, 3.63) is 48.7 Å². The van der Waals surface area contributed by atoms with Gasteiger partial charge in [0.15, 0.2) is 0 Å². The zero-order valence-corrected chi connectivity index (χ0v) is 16.3. The second-order valence-electron chi connectivity index (χ2n) is 6.22. The van der Waals surface area contributed by atoms with Gasteiger partial charge in [0.1, 0.15) is 10.7 Å². The number of carbonyl (C=O) groups is 1. The van der Waals surface area contributed by atoms with Crippen molar-refractivity contribution in [1.82, 2.24) is 15.0 Å². The molecule has 28 heavy (non-hydrogen) atoms. The largest absolute Gasteiger partial charge is 0.354 e. The number of hydrogen-bond acceptors (Lipinski definition) is 7. The van der Waals surface area contributed by atoms with Crippen LogP contribution in [0.1, 0.15) is 6.42 Å². The van der Waals surface area contributed by atoms with Crippen LogP contribution >= 0.6 is 0 Å². The van der Waals surface area contributed by atoms with Gasteiger partial charge in [-0.1, -0.05) is 18.2 Å². The molecule has 1 atom stereocenters. The average Bonchev–Trinajstić information content (AvgIpc) is 3.09. The van der Waals surface area contributed by atoms with Gasteiger partial charge in [0.25, 0.3) is 10.0 Å². The molecule has 0 unspecified atom stereocenters. The highest BCUT2D eigenvalue weighted by molar-refractivity contribution is 7.90. The average molecular weight is 425 g/mol. The van der Waals surface area contributed by atoms with Gasteiger partial charge in [-0.2, -0.15) is 0 Å². The lowest BCUT2D eigenvalue weighted by Gasteiger charge is -2.18. The number of aromatic nitrogens is 1. The summed E-state index contributed by atoms with van der Waals surface area (Å²) in [5.41, 5.74) is 0. The van der Waals surface area contributed by atoms with E-state index in [9.17, 15) is 21.6 Å². The van der Waals surface area contributed by atoms with Gasteiger partial charge in [-0.05, 0) is 30.7 Å². The molecule has 1 aliphatic heterocycles. The Morgan fingerprint density at radius 2 is 1.79 bits per heavy atom. The number of benzene rings is 1. The third-order valence-electron chi connectivity index (χ3n) is 4.18. The third-order valence-corrected chi connectivity index (χ3v) is 6.42. The molecule has 2 amide bonds. The van der Waals surface area contributed by atoms with Crippen molar-refractivity contribution in [1.29, 1.82) is 0 Å². The summed E-state index contributed by atoms with van der Waals surface area (Å²) in [6.07, 6.45) is 1.75. The molecule has 1 aromatic carbocycles. The van der Waals surface area contributed by atoms with Crippen LogP contribution < -0.4 is 20.1 Å². The highest BCUT2D eigenvalue weighted by Gasteiger charge is 2.26. The van der Waals surface area contributed by atoms with E-state index in [1.807, 2.05) is 9.62 Å². The minimum atomic E-state index is -3.94. The maximum absolute atomic E-state index is 12.2. The molecule has 3 rings (SSSR count). The molecule has 1 fully saturated rings. The number of nitrogens with one attached hydrogen (secondary N) is 2. The van der Waals surface area contributed by atoms with E-state index < -0.39 is 26.1 Å². The predicted molar refractivity (Wildman–Crippen MR) is 102 cm³/mol. The quantitative estimate of drug-likeness (QED) is 0.609. The zero-order chi connectivity index (χ0) is 20.4. The molecular weight excluding hydrogens is 406 g/mol. The molecule has 1 saturated heterocycles. The second-order valence-corrected chi connectivity index (χ2v) is 9.46. The number of carbonyl (C=O) groups excluding carboxylic acids is 1. The lowest BCUT2D eigenvalue weighted by Crippen LogP contribution is -2.45. The number of rotatable bonds is 5. The lowest BCUT2D eigenvalue weighted by atomic mass is 10.3. The Morgan fingerprint density at radius 3 is 2.39 bits per heavy atom. The summed E-state index contributed by atoms with van der Waals surface area (Å²) < 4.78 is 48.9. The number of pyridine rings is 1. The maximum Gasteiger partial charge on any atom is 0.328 e. The van der Waals surface area contributed by atoms with Crippen LogP contribution in [0.4, 0.5) is 10.6 Å². The van der Waals surface area contributed by atoms with Gasteiger partial charge in [-0.3, -0.25) is 0 Å². The van der Waals surface area contributed by atoms with Gasteiger partial charge in [0.05, 0.1) is 4.90 Å². The van der Waals surface area contributed by atoms with Crippen molar-refractivity contribution < 1.29 is 21.6 Å². The third kappa shape index (κ3) is 4.77. The molecule has 1 aromatic heterocycles. The van der Waals surface area contributed by atoms with Gasteiger partial charge in [-0.15, -0.1) is 0 Å². The zero-order valence-electron chi connectivity index (χ0n) is 14.6. The smallest absolute Gasteiger partial charge is 0.328 e. The Hall–Kier alpha value is -2.70. The van der Waals surface area contributed by atoms with Crippen LogP contribution in [0, 0.1) is 0 Å². The highest BCUT2D eigenvalue weighted by atomic mass is 32.2. The minimum absolute atomic E-state index is 0.00246. The van der Waals surface area contributed by atoms with Gasteiger partial charge in [0, 0.05) is 25.3 Å². The first-order valence-corrected chi connectivity index (χ1v) is 11.3. The molecule has 10 nitrogen and oxygen atoms in total. The molecular formula is C16H19N5O5S2. The number of primary sulfonamides is 1. The van der Waals surface area contributed by atoms with Crippen molar-refractivity contribution in [3.8, 4) is 0 Å². The molecule has 0 aliphatic carbocycles. The van der Waals surface area contributed by atoms with E-state index in [1.165, 1.54) is 30.5 Å². The first-order valence-electron chi connectivity index (χ1n) is 8.27. The van der Waals surface area contributed by atoms with Crippen LogP contribution in [0.15, 0.2) is 58.5 Å². The molecule has 4 N–H and O–H groups in total. The molecule has 0 spiro atoms. The SMILES string of the molecule is NS(=O)(=O)c1ccc(N2CC[C@@H](NC(=O)NS(=O)(=O)c3ccccc3)C2)nc1. The summed E-state index contributed by atoms with van der Waals surface area (Å²) in [6.45, 7) is 0.971. The van der Waals surface area contributed by atoms with Crippen LogP contribution in [-0.2, 0) is 20.0 Å². The molecule has 150 valence electrons. The second kappa shape index (κ2) is 7.73. The molecule has 0 saturated carbocycles. The van der Waals surface area contributed by atoms with Gasteiger partial charge in [-0.25, -0.2) is 36.5 Å². The summed E-state index contributed by atoms with van der Waals surface area (Å²) in [4.78, 5) is 17.9. The van der Waals surface area contributed by atoms with E-state index in [-0.39, 0.29) is 15.8 Å². The van der Waals surface area contributed by atoms with Crippen LogP contribution in [-0.4, -0.2) is 47.0 Å². The molecule has 0 radical (unpaired) electrons. The summed E-state index contributed by atoms with van der Waals surface area (Å²) in [7, 11) is -7.76. The van der Waals surface area contributed by atoms with E-state index in [0.29, 0.717) is 25.3 Å². The van der Waals surface area contributed by atoms with Crippen LogP contribution in [0.5, 0.6) is 0 Å². The van der Waals surface area contributed by atoms with Gasteiger partial charge < -0.3 is 10.2 Å². The lowest BCUT2D eigenvalue weighted by molar-refractivity contribution is 0.243.